The van der Waals surface area contributed by atoms with Crippen molar-refractivity contribution in [3.8, 4) is 0 Å². The Balaban J connectivity index is 2.71. The lowest BCUT2D eigenvalue weighted by molar-refractivity contribution is 0.586. The van der Waals surface area contributed by atoms with Crippen molar-refractivity contribution in [2.24, 2.45) is 4.99 Å². The molecule has 0 unspecified atom stereocenters. The van der Waals surface area contributed by atoms with Crippen LogP contribution in [0.15, 0.2) is 29.5 Å². The second kappa shape index (κ2) is 3.48. The molecule has 1 heterocycles. The van der Waals surface area contributed by atoms with Crippen molar-refractivity contribution in [2.45, 2.75) is 26.3 Å². The molecule has 2 heteroatoms. The number of nitrogens with zero attached hydrogens (tertiary/aromatic N) is 2. The number of rotatable bonds is 1. The van der Waals surface area contributed by atoms with Gasteiger partial charge in [0.25, 0.3) is 0 Å². The first kappa shape index (κ1) is 8.91. The Labute approximate surface area is 73.4 Å². The van der Waals surface area contributed by atoms with Crippen molar-refractivity contribution < 1.29 is 0 Å². The minimum Gasteiger partial charge on any atom is -0.287 e. The Morgan fingerprint density at radius 1 is 1.42 bits per heavy atom. The molecule has 0 bridgehead atoms. The highest BCUT2D eigenvalue weighted by atomic mass is 14.8. The van der Waals surface area contributed by atoms with Gasteiger partial charge in [-0.3, -0.25) is 9.98 Å². The zero-order chi connectivity index (χ0) is 9.03. The molecule has 1 rings (SSSR count). The first-order valence-corrected chi connectivity index (χ1v) is 4.03. The average Bonchev–Trinajstić information content (AvgIpc) is 2.02. The monoisotopic (exact) mass is 162 g/mol. The Hall–Kier alpha value is -1.18. The molecule has 0 aliphatic carbocycles. The highest BCUT2D eigenvalue weighted by Crippen LogP contribution is 2.05. The SMILES string of the molecule is CC(C)(C)N=Cc1cccnc1. The quantitative estimate of drug-likeness (QED) is 0.582. The van der Waals surface area contributed by atoms with Gasteiger partial charge in [-0.05, 0) is 26.8 Å². The van der Waals surface area contributed by atoms with Crippen molar-refractivity contribution in [3.05, 3.63) is 30.1 Å². The fourth-order valence-corrected chi connectivity index (χ4v) is 0.721. The van der Waals surface area contributed by atoms with Crippen LogP contribution in [0.2, 0.25) is 0 Å². The fraction of sp³-hybridized carbons (Fsp3) is 0.400. The highest BCUT2D eigenvalue weighted by Gasteiger charge is 2.04. The third-order valence-electron chi connectivity index (χ3n) is 1.29. The second-order valence-corrected chi connectivity index (χ2v) is 3.72. The lowest BCUT2D eigenvalue weighted by Crippen LogP contribution is -2.09. The first-order valence-electron chi connectivity index (χ1n) is 4.03. The maximum atomic E-state index is 4.36. The number of pyridine rings is 1. The molecule has 0 atom stereocenters. The van der Waals surface area contributed by atoms with Gasteiger partial charge in [-0.2, -0.15) is 0 Å². The van der Waals surface area contributed by atoms with Gasteiger partial charge in [-0.25, -0.2) is 0 Å². The van der Waals surface area contributed by atoms with Gasteiger partial charge < -0.3 is 0 Å². The summed E-state index contributed by atoms with van der Waals surface area (Å²) in [5, 5.41) is 0. The lowest BCUT2D eigenvalue weighted by Gasteiger charge is -2.10. The van der Waals surface area contributed by atoms with Crippen LogP contribution in [-0.4, -0.2) is 16.7 Å². The zero-order valence-corrected chi connectivity index (χ0v) is 7.78. The van der Waals surface area contributed by atoms with Crippen LogP contribution in [0.4, 0.5) is 0 Å². The van der Waals surface area contributed by atoms with Crippen LogP contribution in [-0.2, 0) is 0 Å². The molecule has 0 saturated carbocycles. The van der Waals surface area contributed by atoms with Gasteiger partial charge in [0.15, 0.2) is 0 Å². The van der Waals surface area contributed by atoms with E-state index in [1.165, 1.54) is 0 Å². The molecule has 64 valence electrons. The molecule has 1 aromatic rings. The van der Waals surface area contributed by atoms with E-state index in [1.807, 2.05) is 18.3 Å². The van der Waals surface area contributed by atoms with E-state index in [0.717, 1.165) is 5.56 Å². The molecule has 0 fully saturated rings. The first-order chi connectivity index (χ1) is 5.58. The standard InChI is InChI=1S/C10H14N2/c1-10(2,3)12-8-9-5-4-6-11-7-9/h4-8H,1-3H3. The van der Waals surface area contributed by atoms with Crippen molar-refractivity contribution in [2.75, 3.05) is 0 Å². The summed E-state index contributed by atoms with van der Waals surface area (Å²) >= 11 is 0. The van der Waals surface area contributed by atoms with E-state index in [4.69, 9.17) is 0 Å². The predicted molar refractivity (Wildman–Crippen MR) is 51.6 cm³/mol. The molecule has 0 amide bonds. The normalized spacial score (nSPS) is 12.2. The molecule has 0 aliphatic rings. The van der Waals surface area contributed by atoms with E-state index < -0.39 is 0 Å². The van der Waals surface area contributed by atoms with E-state index in [1.54, 1.807) is 12.4 Å². The van der Waals surface area contributed by atoms with Crippen LogP contribution in [0.5, 0.6) is 0 Å². The summed E-state index contributed by atoms with van der Waals surface area (Å²) in [5.41, 5.74) is 1.04. The van der Waals surface area contributed by atoms with Gasteiger partial charge in [-0.1, -0.05) is 6.07 Å². The number of hydrogen-bond donors (Lipinski definition) is 0. The van der Waals surface area contributed by atoms with Crippen LogP contribution >= 0.6 is 0 Å². The van der Waals surface area contributed by atoms with E-state index in [0.29, 0.717) is 0 Å². The van der Waals surface area contributed by atoms with Gasteiger partial charge in [0, 0.05) is 24.2 Å². The molecule has 0 aromatic carbocycles. The number of aliphatic imine (C=N–C) groups is 1. The summed E-state index contributed by atoms with van der Waals surface area (Å²) in [6, 6.07) is 3.90. The summed E-state index contributed by atoms with van der Waals surface area (Å²) in [5.74, 6) is 0. The highest BCUT2D eigenvalue weighted by molar-refractivity contribution is 5.79. The molecule has 0 radical (unpaired) electrons. The second-order valence-electron chi connectivity index (χ2n) is 3.72. The summed E-state index contributed by atoms with van der Waals surface area (Å²) < 4.78 is 0. The van der Waals surface area contributed by atoms with E-state index in [-0.39, 0.29) is 5.54 Å². The van der Waals surface area contributed by atoms with Crippen LogP contribution < -0.4 is 0 Å². The van der Waals surface area contributed by atoms with Crippen molar-refractivity contribution >= 4 is 6.21 Å². The average molecular weight is 162 g/mol. The smallest absolute Gasteiger partial charge is 0.0524 e. The predicted octanol–water partition coefficient (Wildman–Crippen LogP) is 2.30. The Kier molecular flexibility index (Phi) is 2.58. The van der Waals surface area contributed by atoms with Crippen molar-refractivity contribution in [1.82, 2.24) is 4.98 Å². The molecule has 0 aliphatic heterocycles. The van der Waals surface area contributed by atoms with Gasteiger partial charge in [0.05, 0.1) is 5.54 Å². The zero-order valence-electron chi connectivity index (χ0n) is 7.78. The Morgan fingerprint density at radius 3 is 2.67 bits per heavy atom. The number of aromatic nitrogens is 1. The van der Waals surface area contributed by atoms with E-state index in [2.05, 4.69) is 30.7 Å². The number of hydrogen-bond acceptors (Lipinski definition) is 2. The Morgan fingerprint density at radius 2 is 2.17 bits per heavy atom. The fourth-order valence-electron chi connectivity index (χ4n) is 0.721. The topological polar surface area (TPSA) is 25.2 Å². The lowest BCUT2D eigenvalue weighted by atomic mass is 10.1. The van der Waals surface area contributed by atoms with Crippen LogP contribution in [0.3, 0.4) is 0 Å². The molecule has 2 nitrogen and oxygen atoms in total. The molecule has 0 spiro atoms. The van der Waals surface area contributed by atoms with Gasteiger partial charge >= 0.3 is 0 Å². The van der Waals surface area contributed by atoms with E-state index >= 15 is 0 Å². The molecule has 12 heavy (non-hydrogen) atoms. The summed E-state index contributed by atoms with van der Waals surface area (Å²) in [6.45, 7) is 6.21. The Bertz CT molecular complexity index is 257. The van der Waals surface area contributed by atoms with Crippen LogP contribution in [0, 0.1) is 0 Å². The third-order valence-corrected chi connectivity index (χ3v) is 1.29. The van der Waals surface area contributed by atoms with Gasteiger partial charge in [0.1, 0.15) is 0 Å². The minimum absolute atomic E-state index is 0.00413. The van der Waals surface area contributed by atoms with Crippen molar-refractivity contribution in [3.63, 3.8) is 0 Å². The van der Waals surface area contributed by atoms with Gasteiger partial charge in [-0.15, -0.1) is 0 Å². The third kappa shape index (κ3) is 3.28. The summed E-state index contributed by atoms with van der Waals surface area (Å²) in [7, 11) is 0. The maximum Gasteiger partial charge on any atom is 0.0524 e. The molecular weight excluding hydrogens is 148 g/mol. The van der Waals surface area contributed by atoms with Crippen LogP contribution in [0.25, 0.3) is 0 Å². The van der Waals surface area contributed by atoms with Gasteiger partial charge in [0.2, 0.25) is 0 Å². The largest absolute Gasteiger partial charge is 0.287 e. The summed E-state index contributed by atoms with van der Waals surface area (Å²) in [6.07, 6.45) is 5.41. The van der Waals surface area contributed by atoms with Crippen molar-refractivity contribution in [1.29, 1.82) is 0 Å². The molecule has 0 N–H and O–H groups in total. The summed E-state index contributed by atoms with van der Waals surface area (Å²) in [4.78, 5) is 8.36. The molecular formula is C10H14N2. The molecule has 1 aromatic heterocycles. The van der Waals surface area contributed by atoms with E-state index in [9.17, 15) is 0 Å². The molecule has 0 saturated heterocycles. The minimum atomic E-state index is -0.00413. The maximum absolute atomic E-state index is 4.36. The van der Waals surface area contributed by atoms with Crippen LogP contribution in [0.1, 0.15) is 26.3 Å².